The molecule has 0 aliphatic carbocycles. The number of nitrogens with two attached hydrogens (primary N) is 1. The number of benzene rings is 1. The summed E-state index contributed by atoms with van der Waals surface area (Å²) >= 11 is 1.75. The maximum absolute atomic E-state index is 10.6. The average Bonchev–Trinajstić information content (AvgIpc) is 3.16. The Morgan fingerprint density at radius 2 is 2.03 bits per heavy atom. The zero-order valence-corrected chi connectivity index (χ0v) is 17.9. The number of piperidine rings is 1. The number of rotatable bonds is 3. The Labute approximate surface area is 182 Å². The van der Waals surface area contributed by atoms with Gasteiger partial charge in [-0.3, -0.25) is 0 Å². The zero-order valence-electron chi connectivity index (χ0n) is 17.1. The van der Waals surface area contributed by atoms with Crippen molar-refractivity contribution in [3.05, 3.63) is 24.5 Å². The first kappa shape index (κ1) is 23.6. The van der Waals surface area contributed by atoms with E-state index in [2.05, 4.69) is 39.3 Å². The molecule has 0 saturated carbocycles. The van der Waals surface area contributed by atoms with Gasteiger partial charge in [0.25, 0.3) is 0 Å². The molecular weight excluding hydrogens is 433 g/mol. The Kier molecular flexibility index (Phi) is 7.28. The van der Waals surface area contributed by atoms with E-state index in [9.17, 15) is 13.2 Å². The molecule has 1 atom stereocenters. The third-order valence-electron chi connectivity index (χ3n) is 5.74. The quantitative estimate of drug-likeness (QED) is 0.676. The Morgan fingerprint density at radius 3 is 2.58 bits per heavy atom. The second-order valence-corrected chi connectivity index (χ2v) is 8.62. The van der Waals surface area contributed by atoms with Gasteiger partial charge in [0.15, 0.2) is 0 Å². The smallest absolute Gasteiger partial charge is 0.475 e. The molecule has 2 fully saturated rings. The maximum Gasteiger partial charge on any atom is 0.490 e. The lowest BCUT2D eigenvalue weighted by Gasteiger charge is -2.39. The van der Waals surface area contributed by atoms with Crippen molar-refractivity contribution in [2.45, 2.75) is 36.4 Å². The number of ether oxygens (including phenoxy) is 1. The van der Waals surface area contributed by atoms with Crippen LogP contribution in [0.4, 0.5) is 19.0 Å². The van der Waals surface area contributed by atoms with Gasteiger partial charge in [0, 0.05) is 29.9 Å². The lowest BCUT2D eigenvalue weighted by atomic mass is 9.76. The first-order valence-corrected chi connectivity index (χ1v) is 11.1. The Morgan fingerprint density at radius 1 is 1.35 bits per heavy atom. The van der Waals surface area contributed by atoms with E-state index in [0.717, 1.165) is 55.7 Å². The molecule has 2 saturated heterocycles. The molecule has 31 heavy (non-hydrogen) atoms. The second-order valence-electron chi connectivity index (χ2n) is 7.74. The number of carbonyl (C=O) groups is 1. The third-order valence-corrected chi connectivity index (χ3v) is 6.46. The molecule has 4 rings (SSSR count). The van der Waals surface area contributed by atoms with E-state index in [0.29, 0.717) is 12.0 Å². The number of anilines is 1. The summed E-state index contributed by atoms with van der Waals surface area (Å²) < 4.78 is 37.6. The van der Waals surface area contributed by atoms with Gasteiger partial charge in [-0.2, -0.15) is 13.2 Å². The molecule has 1 spiro atoms. The van der Waals surface area contributed by atoms with Crippen LogP contribution in [0.3, 0.4) is 0 Å². The molecule has 2 aliphatic heterocycles. The van der Waals surface area contributed by atoms with Gasteiger partial charge in [0.05, 0.1) is 18.2 Å². The minimum atomic E-state index is -5.08. The maximum atomic E-state index is 10.6. The molecule has 0 amide bonds. The number of hydrogen-bond acceptors (Lipinski definition) is 7. The van der Waals surface area contributed by atoms with E-state index in [1.807, 2.05) is 0 Å². The highest BCUT2D eigenvalue weighted by Crippen LogP contribution is 2.43. The highest BCUT2D eigenvalue weighted by Gasteiger charge is 2.42. The molecule has 2 aromatic rings. The summed E-state index contributed by atoms with van der Waals surface area (Å²) in [6.07, 6.45) is 2.36. The van der Waals surface area contributed by atoms with Crippen molar-refractivity contribution in [1.82, 2.24) is 9.97 Å². The van der Waals surface area contributed by atoms with Crippen LogP contribution >= 0.6 is 11.8 Å². The lowest BCUT2D eigenvalue weighted by Crippen LogP contribution is -2.41. The van der Waals surface area contributed by atoms with Gasteiger partial charge in [0.1, 0.15) is 12.1 Å². The summed E-state index contributed by atoms with van der Waals surface area (Å²) in [5, 5.41) is 8.28. The number of fused-ring (bicyclic) bond motifs is 1. The van der Waals surface area contributed by atoms with Gasteiger partial charge in [-0.05, 0) is 49.1 Å². The van der Waals surface area contributed by atoms with Crippen molar-refractivity contribution < 1.29 is 27.8 Å². The van der Waals surface area contributed by atoms with Gasteiger partial charge in [-0.25, -0.2) is 14.8 Å². The van der Waals surface area contributed by atoms with E-state index >= 15 is 0 Å². The summed E-state index contributed by atoms with van der Waals surface area (Å²) in [7, 11) is 0. The summed E-state index contributed by atoms with van der Waals surface area (Å²) in [6.45, 7) is 3.55. The second kappa shape index (κ2) is 9.58. The molecule has 2 aliphatic rings. The van der Waals surface area contributed by atoms with Gasteiger partial charge in [-0.15, -0.1) is 11.8 Å². The lowest BCUT2D eigenvalue weighted by molar-refractivity contribution is -0.192. The van der Waals surface area contributed by atoms with Crippen LogP contribution < -0.4 is 10.6 Å². The molecule has 0 radical (unpaired) electrons. The van der Waals surface area contributed by atoms with Gasteiger partial charge >= 0.3 is 12.1 Å². The van der Waals surface area contributed by atoms with E-state index in [1.165, 1.54) is 4.90 Å². The molecule has 1 aromatic carbocycles. The van der Waals surface area contributed by atoms with Crippen molar-refractivity contribution in [2.75, 3.05) is 37.4 Å². The molecule has 0 bridgehead atoms. The van der Waals surface area contributed by atoms with Crippen LogP contribution in [0.5, 0.6) is 0 Å². The van der Waals surface area contributed by atoms with Crippen molar-refractivity contribution in [3.8, 4) is 0 Å². The molecule has 3 heterocycles. The minimum absolute atomic E-state index is 0.251. The zero-order chi connectivity index (χ0) is 22.6. The summed E-state index contributed by atoms with van der Waals surface area (Å²) in [5.74, 6) is -1.69. The van der Waals surface area contributed by atoms with Gasteiger partial charge in [0.2, 0.25) is 0 Å². The highest BCUT2D eigenvalue weighted by atomic mass is 32.2. The van der Waals surface area contributed by atoms with E-state index < -0.39 is 12.1 Å². The first-order chi connectivity index (χ1) is 14.7. The fraction of sp³-hybridized carbons (Fsp3) is 0.550. The number of alkyl halides is 3. The molecule has 170 valence electrons. The largest absolute Gasteiger partial charge is 0.490 e. The van der Waals surface area contributed by atoms with Gasteiger partial charge < -0.3 is 20.5 Å². The monoisotopic (exact) mass is 458 g/mol. The molecule has 1 aromatic heterocycles. The molecule has 1 unspecified atom stereocenters. The topological polar surface area (TPSA) is 102 Å². The predicted molar refractivity (Wildman–Crippen MR) is 112 cm³/mol. The van der Waals surface area contributed by atoms with Gasteiger partial charge in [-0.1, -0.05) is 0 Å². The highest BCUT2D eigenvalue weighted by molar-refractivity contribution is 7.98. The molecule has 11 heteroatoms. The summed E-state index contributed by atoms with van der Waals surface area (Å²) in [4.78, 5) is 21.6. The van der Waals surface area contributed by atoms with E-state index in [4.69, 9.17) is 20.4 Å². The Hall–Kier alpha value is -2.11. The van der Waals surface area contributed by atoms with Crippen molar-refractivity contribution in [1.29, 1.82) is 0 Å². The Balaban J connectivity index is 0.000000339. The van der Waals surface area contributed by atoms with Crippen LogP contribution in [0.25, 0.3) is 10.9 Å². The number of carboxylic acid groups (broad SMARTS) is 1. The first-order valence-electron chi connectivity index (χ1n) is 9.83. The molecule has 7 nitrogen and oxygen atoms in total. The number of aliphatic carboxylic acids is 1. The van der Waals surface area contributed by atoms with Crippen LogP contribution in [-0.4, -0.2) is 65.8 Å². The number of thioether (sulfide) groups is 1. The van der Waals surface area contributed by atoms with Crippen molar-refractivity contribution in [3.63, 3.8) is 0 Å². The minimum Gasteiger partial charge on any atom is -0.475 e. The predicted octanol–water partition coefficient (Wildman–Crippen LogP) is 3.32. The SMILES string of the molecule is CSc1ccc2ncnc(N3CCC4(CC3)COC(CN)C4)c2c1.O=C(O)C(F)(F)F. The number of hydrogen-bond donors (Lipinski definition) is 2. The van der Waals surface area contributed by atoms with Crippen LogP contribution in [0, 0.1) is 5.41 Å². The standard InChI is InChI=1S/C18H24N4OS.C2HF3O2/c1-24-14-2-3-16-15(8-14)17(21-12-20-16)22-6-4-18(5-7-22)9-13(10-19)23-11-18;3-2(4,5)1(6)7/h2-3,8,12-13H,4-7,9-11,19H2,1H3;(H,6,7). The number of halogens is 3. The van der Waals surface area contributed by atoms with Crippen LogP contribution in [0.15, 0.2) is 29.4 Å². The fourth-order valence-corrected chi connectivity index (χ4v) is 4.43. The summed E-state index contributed by atoms with van der Waals surface area (Å²) in [5.41, 5.74) is 7.12. The average molecular weight is 459 g/mol. The van der Waals surface area contributed by atoms with Crippen molar-refractivity contribution >= 4 is 34.5 Å². The van der Waals surface area contributed by atoms with Crippen molar-refractivity contribution in [2.24, 2.45) is 11.1 Å². The Bertz CT molecular complexity index is 920. The van der Waals surface area contributed by atoms with Crippen LogP contribution in [0.1, 0.15) is 19.3 Å². The van der Waals surface area contributed by atoms with E-state index in [-0.39, 0.29) is 6.10 Å². The number of carboxylic acids is 1. The number of nitrogens with zero attached hydrogens (tertiary/aromatic N) is 3. The molecular formula is C20H25F3N4O3S. The summed E-state index contributed by atoms with van der Waals surface area (Å²) in [6, 6.07) is 6.43. The third kappa shape index (κ3) is 5.58. The van der Waals surface area contributed by atoms with E-state index in [1.54, 1.807) is 18.1 Å². The van der Waals surface area contributed by atoms with Crippen LogP contribution in [-0.2, 0) is 9.53 Å². The normalized spacial score (nSPS) is 20.5. The molecule has 3 N–H and O–H groups in total. The van der Waals surface area contributed by atoms with Crippen LogP contribution in [0.2, 0.25) is 0 Å². The fourth-order valence-electron chi connectivity index (χ4n) is 3.99. The number of aromatic nitrogens is 2.